The van der Waals surface area contributed by atoms with Gasteiger partial charge in [0.05, 0.1) is 54.2 Å². The molecular formula is C23H42N3O8+. The second kappa shape index (κ2) is 10.1. The van der Waals surface area contributed by atoms with Crippen molar-refractivity contribution in [2.45, 2.75) is 96.6 Å². The smallest absolute Gasteiger partial charge is 0.192 e. The van der Waals surface area contributed by atoms with Crippen molar-refractivity contribution in [3.8, 4) is 0 Å². The molecule has 1 saturated carbocycles. The van der Waals surface area contributed by atoms with Crippen molar-refractivity contribution in [2.24, 2.45) is 24.3 Å². The van der Waals surface area contributed by atoms with Gasteiger partial charge in [0.25, 0.3) is 0 Å². The van der Waals surface area contributed by atoms with Gasteiger partial charge in [0.1, 0.15) is 20.2 Å². The van der Waals surface area contributed by atoms with Gasteiger partial charge in [0.2, 0.25) is 0 Å². The monoisotopic (exact) mass is 488 g/mol. The SMILES string of the molecule is CC(O)C[n+]1cc(COC(C)(C)CC(C)(C)CCOC2OC3(O)C(CO)C(O)C(O)C23)n(C)n1. The first kappa shape index (κ1) is 27.4. The molecule has 34 heavy (non-hydrogen) atoms. The average Bonchev–Trinajstić information content (AvgIpc) is 3.09. The molecule has 1 aromatic heterocycles. The lowest BCUT2D eigenvalue weighted by molar-refractivity contribution is -0.760. The minimum absolute atomic E-state index is 0.135. The van der Waals surface area contributed by atoms with Crippen molar-refractivity contribution in [1.29, 1.82) is 0 Å². The number of rotatable bonds is 12. The van der Waals surface area contributed by atoms with Crippen LogP contribution in [0.15, 0.2) is 6.20 Å². The van der Waals surface area contributed by atoms with Crippen LogP contribution in [0.1, 0.15) is 53.2 Å². The number of ether oxygens (including phenoxy) is 3. The van der Waals surface area contributed by atoms with Crippen LogP contribution in [-0.2, 0) is 34.4 Å². The van der Waals surface area contributed by atoms with Gasteiger partial charge in [-0.25, -0.2) is 0 Å². The molecule has 0 aromatic carbocycles. The predicted octanol–water partition coefficient (Wildman–Crippen LogP) is -0.788. The highest BCUT2D eigenvalue weighted by Crippen LogP contribution is 2.53. The van der Waals surface area contributed by atoms with Crippen LogP contribution in [0, 0.1) is 17.3 Å². The third-order valence-corrected chi connectivity index (χ3v) is 6.92. The van der Waals surface area contributed by atoms with Gasteiger partial charge in [0.15, 0.2) is 24.0 Å². The van der Waals surface area contributed by atoms with Gasteiger partial charge in [-0.3, -0.25) is 0 Å². The number of fused-ring (bicyclic) bond motifs is 1. The van der Waals surface area contributed by atoms with Gasteiger partial charge in [-0.05, 0) is 39.0 Å². The number of aromatic nitrogens is 3. The number of hydrogen-bond donors (Lipinski definition) is 5. The van der Waals surface area contributed by atoms with E-state index in [0.717, 1.165) is 12.1 Å². The molecule has 0 amide bonds. The second-order valence-electron chi connectivity index (χ2n) is 11.2. The molecule has 5 N–H and O–H groups in total. The fourth-order valence-electron chi connectivity index (χ4n) is 5.29. The summed E-state index contributed by atoms with van der Waals surface area (Å²) in [5.41, 5.74) is 0.350. The zero-order chi connectivity index (χ0) is 25.5. The molecule has 7 atom stereocenters. The molecule has 11 heteroatoms. The van der Waals surface area contributed by atoms with E-state index in [1.54, 1.807) is 16.3 Å². The molecule has 2 fully saturated rings. The highest BCUT2D eigenvalue weighted by molar-refractivity contribution is 5.10. The minimum atomic E-state index is -1.76. The molecule has 0 radical (unpaired) electrons. The Balaban J connectivity index is 1.46. The molecule has 2 heterocycles. The summed E-state index contributed by atoms with van der Waals surface area (Å²) in [6, 6.07) is 0. The summed E-state index contributed by atoms with van der Waals surface area (Å²) in [5.74, 6) is -3.51. The van der Waals surface area contributed by atoms with E-state index in [2.05, 4.69) is 19.1 Å². The fraction of sp³-hybridized carbons (Fsp3) is 0.913. The van der Waals surface area contributed by atoms with Crippen LogP contribution in [0.3, 0.4) is 0 Å². The van der Waals surface area contributed by atoms with E-state index in [1.807, 2.05) is 27.1 Å². The van der Waals surface area contributed by atoms with E-state index in [1.165, 1.54) is 0 Å². The first-order valence-electron chi connectivity index (χ1n) is 11.9. The van der Waals surface area contributed by atoms with Crippen molar-refractivity contribution in [3.05, 3.63) is 11.9 Å². The molecule has 11 nitrogen and oxygen atoms in total. The van der Waals surface area contributed by atoms with Crippen molar-refractivity contribution >= 4 is 0 Å². The van der Waals surface area contributed by atoms with Crippen LogP contribution in [0.4, 0.5) is 0 Å². The first-order chi connectivity index (χ1) is 15.7. The maximum absolute atomic E-state index is 10.5. The van der Waals surface area contributed by atoms with Crippen LogP contribution < -0.4 is 4.68 Å². The van der Waals surface area contributed by atoms with E-state index >= 15 is 0 Å². The Morgan fingerprint density at radius 3 is 2.56 bits per heavy atom. The van der Waals surface area contributed by atoms with Gasteiger partial charge < -0.3 is 39.7 Å². The Bertz CT molecular complexity index is 829. The standard InChI is InChI=1S/C23H42N3O8/c1-14(28)9-26-10-15(25(6)24-26)12-33-22(4,5)13-21(2,3)7-8-32-20-17-19(30)18(29)16(11-27)23(17,31)34-20/h10,14,16-20,27-31H,7-9,11-13H2,1-6H3/q+1. The average molecular weight is 489 g/mol. The van der Waals surface area contributed by atoms with Crippen LogP contribution in [-0.4, -0.2) is 84.6 Å². The number of nitrogens with zero attached hydrogens (tertiary/aromatic N) is 3. The molecule has 196 valence electrons. The van der Waals surface area contributed by atoms with Gasteiger partial charge in [-0.2, -0.15) is 0 Å². The summed E-state index contributed by atoms with van der Waals surface area (Å²) in [5, 5.41) is 54.1. The third kappa shape index (κ3) is 5.79. The lowest BCUT2D eigenvalue weighted by Gasteiger charge is -2.49. The third-order valence-electron chi connectivity index (χ3n) is 6.92. The fourth-order valence-corrected chi connectivity index (χ4v) is 5.29. The quantitative estimate of drug-likeness (QED) is 0.239. The maximum atomic E-state index is 10.5. The molecule has 1 saturated heterocycles. The lowest BCUT2D eigenvalue weighted by Crippen LogP contribution is -2.63. The van der Waals surface area contributed by atoms with Crippen molar-refractivity contribution in [3.63, 3.8) is 0 Å². The van der Waals surface area contributed by atoms with Crippen molar-refractivity contribution in [1.82, 2.24) is 9.90 Å². The van der Waals surface area contributed by atoms with Crippen molar-refractivity contribution < 1.29 is 44.4 Å². The van der Waals surface area contributed by atoms with Crippen LogP contribution in [0.2, 0.25) is 0 Å². The Morgan fingerprint density at radius 2 is 1.94 bits per heavy atom. The van der Waals surface area contributed by atoms with E-state index in [9.17, 15) is 25.5 Å². The molecule has 0 bridgehead atoms. The van der Waals surface area contributed by atoms with Crippen LogP contribution in [0.25, 0.3) is 0 Å². The number of aliphatic hydroxyl groups excluding tert-OH is 4. The summed E-state index contributed by atoms with van der Waals surface area (Å²) in [4.78, 5) is 0. The molecule has 0 spiro atoms. The summed E-state index contributed by atoms with van der Waals surface area (Å²) in [6.45, 7) is 10.7. The van der Waals surface area contributed by atoms with Crippen LogP contribution >= 0.6 is 0 Å². The summed E-state index contributed by atoms with van der Waals surface area (Å²) in [6.07, 6.45) is -0.474. The summed E-state index contributed by atoms with van der Waals surface area (Å²) >= 11 is 0. The molecule has 1 aliphatic heterocycles. The first-order valence-corrected chi connectivity index (χ1v) is 11.9. The topological polar surface area (TPSA) is 151 Å². The van der Waals surface area contributed by atoms with Crippen molar-refractivity contribution in [2.75, 3.05) is 13.2 Å². The van der Waals surface area contributed by atoms with Gasteiger partial charge in [0, 0.05) is 0 Å². The van der Waals surface area contributed by atoms with E-state index in [-0.39, 0.29) is 5.41 Å². The molecule has 2 aliphatic rings. The van der Waals surface area contributed by atoms with Gasteiger partial charge >= 0.3 is 0 Å². The molecular weight excluding hydrogens is 446 g/mol. The minimum Gasteiger partial charge on any atom is -0.396 e. The summed E-state index contributed by atoms with van der Waals surface area (Å²) in [7, 11) is 1.85. The van der Waals surface area contributed by atoms with E-state index < -0.39 is 54.4 Å². The highest BCUT2D eigenvalue weighted by Gasteiger charge is 2.71. The summed E-state index contributed by atoms with van der Waals surface area (Å²) < 4.78 is 20.9. The van der Waals surface area contributed by atoms with Gasteiger partial charge in [-0.15, -0.1) is 9.36 Å². The molecule has 3 rings (SSSR count). The Kier molecular flexibility index (Phi) is 8.11. The van der Waals surface area contributed by atoms with Crippen LogP contribution in [0.5, 0.6) is 0 Å². The second-order valence-corrected chi connectivity index (χ2v) is 11.2. The largest absolute Gasteiger partial charge is 0.396 e. The Morgan fingerprint density at radius 1 is 1.26 bits per heavy atom. The van der Waals surface area contributed by atoms with E-state index in [0.29, 0.717) is 26.2 Å². The number of aliphatic hydroxyl groups is 5. The Hall–Kier alpha value is -1.18. The predicted molar refractivity (Wildman–Crippen MR) is 119 cm³/mol. The lowest BCUT2D eigenvalue weighted by atomic mass is 9.79. The van der Waals surface area contributed by atoms with Gasteiger partial charge in [-0.1, -0.05) is 13.8 Å². The number of aryl methyl sites for hydroxylation is 1. The zero-order valence-corrected chi connectivity index (χ0v) is 21.1. The number of hydrogen-bond acceptors (Lipinski definition) is 9. The molecule has 1 aliphatic carbocycles. The molecule has 1 aromatic rings. The Labute approximate surface area is 200 Å². The highest BCUT2D eigenvalue weighted by atomic mass is 16.8. The zero-order valence-electron chi connectivity index (χ0n) is 21.1. The molecule has 7 unspecified atom stereocenters. The maximum Gasteiger partial charge on any atom is 0.192 e. The normalized spacial score (nSPS) is 32.5. The van der Waals surface area contributed by atoms with E-state index in [4.69, 9.17) is 14.2 Å².